The van der Waals surface area contributed by atoms with Crippen LogP contribution in [-0.2, 0) is 14.3 Å². The summed E-state index contributed by atoms with van der Waals surface area (Å²) in [5.74, 6) is 1.63. The smallest absolute Gasteiger partial charge is 0.408 e. The van der Waals surface area contributed by atoms with Crippen LogP contribution in [0.3, 0.4) is 0 Å². The molecular weight excluding hydrogens is 450 g/mol. The van der Waals surface area contributed by atoms with Gasteiger partial charge in [-0.2, -0.15) is 12.6 Å². The molecule has 180 valence electrons. The Morgan fingerprint density at radius 3 is 2.32 bits per heavy atom. The monoisotopic (exact) mass is 481 g/mol. The molecule has 2 aromatic carbocycles. The lowest BCUT2D eigenvalue weighted by Crippen LogP contribution is -2.52. The third-order valence-electron chi connectivity index (χ3n) is 4.97. The Balaban J connectivity index is 2.40. The van der Waals surface area contributed by atoms with Crippen LogP contribution in [0.5, 0.6) is 0 Å². The molecule has 0 bridgehead atoms. The molecule has 0 aliphatic carbocycles. The largest absolute Gasteiger partial charge is 0.444 e. The highest BCUT2D eigenvalue weighted by atomic mass is 32.1. The van der Waals surface area contributed by atoms with Gasteiger partial charge in [-0.1, -0.05) is 42.3 Å². The van der Waals surface area contributed by atoms with Crippen LogP contribution in [-0.4, -0.2) is 47.3 Å². The number of ether oxygens (including phenoxy) is 1. The molecule has 8 heteroatoms. The third kappa shape index (κ3) is 7.03. The number of amides is 3. The second-order valence-corrected chi connectivity index (χ2v) is 9.13. The van der Waals surface area contributed by atoms with Crippen LogP contribution in [0.4, 0.5) is 10.5 Å². The van der Waals surface area contributed by atoms with Gasteiger partial charge in [0.15, 0.2) is 0 Å². The molecule has 3 amide bonds. The summed E-state index contributed by atoms with van der Waals surface area (Å²) in [5.41, 5.74) is 1.72. The number of nitrogens with zero attached hydrogens (tertiary/aromatic N) is 1. The van der Waals surface area contributed by atoms with Crippen molar-refractivity contribution in [1.82, 2.24) is 10.2 Å². The molecular formula is C26H31N3O4S. The van der Waals surface area contributed by atoms with Crippen LogP contribution in [0.1, 0.15) is 43.5 Å². The Hall–Kier alpha value is -3.44. The number of aryl methyl sites for hydroxylation is 1. The van der Waals surface area contributed by atoms with E-state index in [4.69, 9.17) is 11.2 Å². The SMILES string of the molecule is C#Cc1ccccc1C(C(=O)Nc1ccccc1C)N(C)C(=O)C(CS)NC(=O)OC(C)(C)C. The molecule has 0 heterocycles. The minimum Gasteiger partial charge on any atom is -0.444 e. The minimum atomic E-state index is -1.05. The lowest BCUT2D eigenvalue weighted by atomic mass is 9.98. The number of nitrogens with one attached hydrogen (secondary N) is 2. The van der Waals surface area contributed by atoms with Gasteiger partial charge in [-0.25, -0.2) is 4.79 Å². The molecule has 2 N–H and O–H groups in total. The number of terminal acetylenes is 1. The van der Waals surface area contributed by atoms with E-state index in [0.717, 1.165) is 5.56 Å². The van der Waals surface area contributed by atoms with E-state index in [-0.39, 0.29) is 5.75 Å². The Bertz CT molecular complexity index is 1090. The van der Waals surface area contributed by atoms with Gasteiger partial charge in [-0.05, 0) is 51.0 Å². The highest BCUT2D eigenvalue weighted by Crippen LogP contribution is 2.26. The van der Waals surface area contributed by atoms with Crippen molar-refractivity contribution in [3.63, 3.8) is 0 Å². The first-order chi connectivity index (χ1) is 16.0. The van der Waals surface area contributed by atoms with Crippen LogP contribution in [0.15, 0.2) is 48.5 Å². The first kappa shape index (κ1) is 26.8. The summed E-state index contributed by atoms with van der Waals surface area (Å²) in [6.45, 7) is 7.04. The summed E-state index contributed by atoms with van der Waals surface area (Å²) in [6.07, 6.45) is 4.93. The van der Waals surface area contributed by atoms with Gasteiger partial charge < -0.3 is 20.3 Å². The van der Waals surface area contributed by atoms with Crippen molar-refractivity contribution in [2.45, 2.75) is 45.4 Å². The highest BCUT2D eigenvalue weighted by molar-refractivity contribution is 7.80. The number of carbonyl (C=O) groups is 3. The fourth-order valence-corrected chi connectivity index (χ4v) is 3.56. The number of carbonyl (C=O) groups excluding carboxylic acids is 3. The average Bonchev–Trinajstić information content (AvgIpc) is 2.77. The quantitative estimate of drug-likeness (QED) is 0.413. The van der Waals surface area contributed by atoms with E-state index in [0.29, 0.717) is 16.8 Å². The summed E-state index contributed by atoms with van der Waals surface area (Å²) >= 11 is 4.22. The maximum atomic E-state index is 13.5. The second kappa shape index (κ2) is 11.6. The summed E-state index contributed by atoms with van der Waals surface area (Å²) in [6, 6.07) is 12.2. The predicted octanol–water partition coefficient (Wildman–Crippen LogP) is 3.94. The van der Waals surface area contributed by atoms with E-state index in [1.165, 1.54) is 11.9 Å². The zero-order chi connectivity index (χ0) is 25.5. The first-order valence-electron chi connectivity index (χ1n) is 10.8. The summed E-state index contributed by atoms with van der Waals surface area (Å²) in [4.78, 5) is 40.4. The molecule has 0 fully saturated rings. The fraction of sp³-hybridized carbons (Fsp3) is 0.346. The molecule has 0 radical (unpaired) electrons. The zero-order valence-corrected chi connectivity index (χ0v) is 21.0. The lowest BCUT2D eigenvalue weighted by Gasteiger charge is -2.31. The molecule has 2 unspecified atom stereocenters. The summed E-state index contributed by atoms with van der Waals surface area (Å²) < 4.78 is 5.26. The van der Waals surface area contributed by atoms with Crippen LogP contribution >= 0.6 is 12.6 Å². The molecule has 0 spiro atoms. The van der Waals surface area contributed by atoms with Gasteiger partial charge in [0.1, 0.15) is 17.7 Å². The van der Waals surface area contributed by atoms with E-state index < -0.39 is 35.6 Å². The van der Waals surface area contributed by atoms with Gasteiger partial charge >= 0.3 is 6.09 Å². The number of anilines is 1. The van der Waals surface area contributed by atoms with E-state index in [1.54, 1.807) is 51.1 Å². The van der Waals surface area contributed by atoms with Gasteiger partial charge in [0.2, 0.25) is 5.91 Å². The van der Waals surface area contributed by atoms with E-state index in [1.807, 2.05) is 25.1 Å². The van der Waals surface area contributed by atoms with Crippen LogP contribution in [0.25, 0.3) is 0 Å². The fourth-order valence-electron chi connectivity index (χ4n) is 3.32. The number of alkyl carbamates (subject to hydrolysis) is 1. The summed E-state index contributed by atoms with van der Waals surface area (Å²) in [7, 11) is 1.49. The molecule has 0 saturated carbocycles. The number of para-hydroxylation sites is 1. The average molecular weight is 482 g/mol. The number of likely N-dealkylation sites (N-methyl/N-ethyl adjacent to an activating group) is 1. The molecule has 34 heavy (non-hydrogen) atoms. The number of thiol groups is 1. The second-order valence-electron chi connectivity index (χ2n) is 8.77. The number of hydrogen-bond donors (Lipinski definition) is 3. The standard InChI is InChI=1S/C26H31N3O4S/c1-7-18-13-9-10-14-19(18)22(23(30)27-20-15-11-8-12-17(20)2)29(6)24(31)21(16-34)28-25(32)33-26(3,4)5/h1,8-15,21-22,34H,16H2,2-6H3,(H,27,30)(H,28,32). The maximum absolute atomic E-state index is 13.5. The maximum Gasteiger partial charge on any atom is 0.408 e. The Labute approximate surface area is 206 Å². The van der Waals surface area contributed by atoms with Gasteiger partial charge in [-0.3, -0.25) is 9.59 Å². The van der Waals surface area contributed by atoms with Gasteiger partial charge in [0.05, 0.1) is 0 Å². The highest BCUT2D eigenvalue weighted by Gasteiger charge is 2.34. The van der Waals surface area contributed by atoms with E-state index in [9.17, 15) is 14.4 Å². The van der Waals surface area contributed by atoms with Crippen LogP contribution in [0.2, 0.25) is 0 Å². The van der Waals surface area contributed by atoms with E-state index >= 15 is 0 Å². The van der Waals surface area contributed by atoms with Crippen molar-refractivity contribution < 1.29 is 19.1 Å². The zero-order valence-electron chi connectivity index (χ0n) is 20.1. The van der Waals surface area contributed by atoms with Crippen molar-refractivity contribution in [2.75, 3.05) is 18.1 Å². The van der Waals surface area contributed by atoms with Gasteiger partial charge in [0, 0.05) is 24.1 Å². The van der Waals surface area contributed by atoms with Crippen molar-refractivity contribution in [2.24, 2.45) is 0 Å². The number of rotatable bonds is 7. The molecule has 0 aliphatic rings. The Kier molecular flexibility index (Phi) is 9.16. The molecule has 7 nitrogen and oxygen atoms in total. The Morgan fingerprint density at radius 2 is 1.74 bits per heavy atom. The molecule has 0 saturated heterocycles. The number of benzene rings is 2. The molecule has 0 aromatic heterocycles. The van der Waals surface area contributed by atoms with Crippen molar-refractivity contribution in [1.29, 1.82) is 0 Å². The molecule has 2 atom stereocenters. The normalized spacial score (nSPS) is 12.6. The third-order valence-corrected chi connectivity index (χ3v) is 5.33. The number of hydrogen-bond acceptors (Lipinski definition) is 5. The minimum absolute atomic E-state index is 0.00529. The van der Waals surface area contributed by atoms with Crippen molar-refractivity contribution in [3.8, 4) is 12.3 Å². The summed E-state index contributed by atoms with van der Waals surface area (Å²) in [5, 5.41) is 5.43. The lowest BCUT2D eigenvalue weighted by molar-refractivity contribution is -0.138. The van der Waals surface area contributed by atoms with Gasteiger partial charge in [0.25, 0.3) is 5.91 Å². The van der Waals surface area contributed by atoms with Crippen LogP contribution in [0, 0.1) is 19.3 Å². The Morgan fingerprint density at radius 1 is 1.12 bits per heavy atom. The van der Waals surface area contributed by atoms with Gasteiger partial charge in [-0.15, -0.1) is 6.42 Å². The first-order valence-corrected chi connectivity index (χ1v) is 11.4. The van der Waals surface area contributed by atoms with Crippen molar-refractivity contribution >= 4 is 36.2 Å². The topological polar surface area (TPSA) is 87.7 Å². The molecule has 2 aromatic rings. The van der Waals surface area contributed by atoms with Crippen molar-refractivity contribution in [3.05, 3.63) is 65.2 Å². The molecule has 2 rings (SSSR count). The predicted molar refractivity (Wildman–Crippen MR) is 137 cm³/mol. The van der Waals surface area contributed by atoms with Crippen LogP contribution < -0.4 is 10.6 Å². The molecule has 0 aliphatic heterocycles. The van der Waals surface area contributed by atoms with E-state index in [2.05, 4.69) is 29.2 Å².